The Bertz CT molecular complexity index is 1680. The molecule has 0 unspecified atom stereocenters. The molecular weight excluding hydrogens is 496 g/mol. The van der Waals surface area contributed by atoms with Crippen molar-refractivity contribution in [3.05, 3.63) is 92.3 Å². The van der Waals surface area contributed by atoms with Gasteiger partial charge < -0.3 is 9.30 Å². The minimum absolute atomic E-state index is 0.00171. The number of benzene rings is 2. The van der Waals surface area contributed by atoms with E-state index in [-0.39, 0.29) is 29.1 Å². The van der Waals surface area contributed by atoms with E-state index < -0.39 is 17.2 Å². The summed E-state index contributed by atoms with van der Waals surface area (Å²) in [4.78, 5) is 29.6. The van der Waals surface area contributed by atoms with Gasteiger partial charge in [0.1, 0.15) is 17.1 Å². The Hall–Kier alpha value is -3.82. The van der Waals surface area contributed by atoms with E-state index in [0.29, 0.717) is 21.7 Å². The first-order valence-corrected chi connectivity index (χ1v) is 11.3. The SMILES string of the molecule is CCOC(=O)c1cn(Cc2cn(-c3ccnc4cc(Cl)ccc34)nn2)c2cc(Cl)c(F)cc2c1=O. The summed E-state index contributed by atoms with van der Waals surface area (Å²) in [5.74, 6) is -1.56. The number of rotatable bonds is 5. The summed E-state index contributed by atoms with van der Waals surface area (Å²) in [6, 6.07) is 9.52. The van der Waals surface area contributed by atoms with Gasteiger partial charge in [-0.25, -0.2) is 13.9 Å². The molecule has 176 valence electrons. The van der Waals surface area contributed by atoms with E-state index in [1.807, 2.05) is 6.07 Å². The second kappa shape index (κ2) is 9.09. The number of carbonyl (C=O) groups is 1. The number of nitrogens with zero attached hydrogens (tertiary/aromatic N) is 5. The molecule has 0 radical (unpaired) electrons. The van der Waals surface area contributed by atoms with Crippen LogP contribution in [0.5, 0.6) is 0 Å². The van der Waals surface area contributed by atoms with E-state index in [9.17, 15) is 14.0 Å². The van der Waals surface area contributed by atoms with Crippen LogP contribution in [0.25, 0.3) is 27.5 Å². The molecule has 0 N–H and O–H groups in total. The predicted molar refractivity (Wildman–Crippen MR) is 130 cm³/mol. The van der Waals surface area contributed by atoms with Gasteiger partial charge in [-0.2, -0.15) is 0 Å². The number of halogens is 3. The van der Waals surface area contributed by atoms with Crippen molar-refractivity contribution in [1.82, 2.24) is 24.5 Å². The second-order valence-corrected chi connectivity index (χ2v) is 8.49. The first kappa shape index (κ1) is 22.9. The molecule has 0 fully saturated rings. The molecule has 3 heterocycles. The zero-order chi connectivity index (χ0) is 24.7. The maximum Gasteiger partial charge on any atom is 0.343 e. The number of hydrogen-bond acceptors (Lipinski definition) is 6. The Kier molecular flexibility index (Phi) is 5.96. The predicted octanol–water partition coefficient (Wildman–Crippen LogP) is 4.80. The van der Waals surface area contributed by atoms with Crippen molar-refractivity contribution in [1.29, 1.82) is 0 Å². The van der Waals surface area contributed by atoms with E-state index in [1.165, 1.54) is 12.3 Å². The lowest BCUT2D eigenvalue weighted by Gasteiger charge is -2.12. The van der Waals surface area contributed by atoms with Gasteiger partial charge in [-0.15, -0.1) is 5.10 Å². The van der Waals surface area contributed by atoms with Crippen molar-refractivity contribution in [2.75, 3.05) is 6.61 Å². The molecule has 8 nitrogen and oxygen atoms in total. The van der Waals surface area contributed by atoms with Crippen LogP contribution in [0.1, 0.15) is 23.0 Å². The van der Waals surface area contributed by atoms with Gasteiger partial charge in [0.25, 0.3) is 0 Å². The molecule has 0 aliphatic carbocycles. The molecule has 5 aromatic rings. The Morgan fingerprint density at radius 2 is 1.94 bits per heavy atom. The van der Waals surface area contributed by atoms with Crippen LogP contribution in [0.4, 0.5) is 4.39 Å². The average molecular weight is 512 g/mol. The fraction of sp³-hybridized carbons (Fsp3) is 0.125. The number of esters is 1. The highest BCUT2D eigenvalue weighted by atomic mass is 35.5. The molecule has 0 saturated carbocycles. The minimum Gasteiger partial charge on any atom is -0.462 e. The maximum absolute atomic E-state index is 14.2. The molecule has 3 aromatic heterocycles. The van der Waals surface area contributed by atoms with Crippen molar-refractivity contribution in [2.24, 2.45) is 0 Å². The van der Waals surface area contributed by atoms with E-state index in [1.54, 1.807) is 46.8 Å². The molecule has 0 atom stereocenters. The first-order chi connectivity index (χ1) is 16.9. The number of fused-ring (bicyclic) bond motifs is 2. The molecular formula is C24H16Cl2FN5O3. The highest BCUT2D eigenvalue weighted by Gasteiger charge is 2.19. The summed E-state index contributed by atoms with van der Waals surface area (Å²) in [5, 5.41) is 9.71. The van der Waals surface area contributed by atoms with Crippen molar-refractivity contribution in [3.63, 3.8) is 0 Å². The number of ether oxygens (including phenoxy) is 1. The third-order valence-corrected chi connectivity index (χ3v) is 5.94. The van der Waals surface area contributed by atoms with Gasteiger partial charge in [-0.3, -0.25) is 9.78 Å². The first-order valence-electron chi connectivity index (χ1n) is 10.5. The number of aromatic nitrogens is 5. The Balaban J connectivity index is 1.60. The van der Waals surface area contributed by atoms with Gasteiger partial charge in [0.05, 0.1) is 41.1 Å². The van der Waals surface area contributed by atoms with E-state index in [2.05, 4.69) is 15.3 Å². The van der Waals surface area contributed by atoms with Crippen molar-refractivity contribution < 1.29 is 13.9 Å². The van der Waals surface area contributed by atoms with Crippen LogP contribution in [0.3, 0.4) is 0 Å². The molecule has 0 spiro atoms. The fourth-order valence-corrected chi connectivity index (χ4v) is 4.16. The molecule has 0 amide bonds. The monoisotopic (exact) mass is 511 g/mol. The normalized spacial score (nSPS) is 11.3. The molecule has 0 aliphatic rings. The van der Waals surface area contributed by atoms with Gasteiger partial charge in [-0.05, 0) is 43.3 Å². The van der Waals surface area contributed by atoms with Crippen LogP contribution in [-0.4, -0.2) is 37.1 Å². The van der Waals surface area contributed by atoms with Crippen molar-refractivity contribution in [3.8, 4) is 5.69 Å². The van der Waals surface area contributed by atoms with Gasteiger partial charge in [0.2, 0.25) is 5.43 Å². The van der Waals surface area contributed by atoms with Gasteiger partial charge in [0, 0.05) is 28.2 Å². The largest absolute Gasteiger partial charge is 0.462 e. The van der Waals surface area contributed by atoms with E-state index >= 15 is 0 Å². The summed E-state index contributed by atoms with van der Waals surface area (Å²) in [6.45, 7) is 1.84. The van der Waals surface area contributed by atoms with E-state index in [0.717, 1.165) is 17.1 Å². The zero-order valence-electron chi connectivity index (χ0n) is 18.2. The van der Waals surface area contributed by atoms with Crippen LogP contribution < -0.4 is 5.43 Å². The molecule has 2 aromatic carbocycles. The van der Waals surface area contributed by atoms with Gasteiger partial charge in [-0.1, -0.05) is 28.4 Å². The third kappa shape index (κ3) is 4.24. The minimum atomic E-state index is -0.797. The molecule has 0 aliphatic heterocycles. The van der Waals surface area contributed by atoms with Crippen LogP contribution in [0, 0.1) is 5.82 Å². The maximum atomic E-state index is 14.2. The lowest BCUT2D eigenvalue weighted by Crippen LogP contribution is -2.21. The highest BCUT2D eigenvalue weighted by molar-refractivity contribution is 6.31. The average Bonchev–Trinajstić information content (AvgIpc) is 3.30. The standard InChI is InChI=1S/C24H16Cl2FN5O3/c1-2-35-24(34)17-12-31(22-9-18(26)19(27)8-16(22)23(17)33)10-14-11-32(30-29-14)21-5-6-28-20-7-13(25)3-4-15(20)21/h3-9,11-12H,2,10H2,1H3. The summed E-state index contributed by atoms with van der Waals surface area (Å²) in [6.07, 6.45) is 4.72. The second-order valence-electron chi connectivity index (χ2n) is 7.65. The number of hydrogen-bond donors (Lipinski definition) is 0. The van der Waals surface area contributed by atoms with Crippen molar-refractivity contribution in [2.45, 2.75) is 13.5 Å². The highest BCUT2D eigenvalue weighted by Crippen LogP contribution is 2.25. The lowest BCUT2D eigenvalue weighted by molar-refractivity contribution is 0.0524. The Labute approximate surface area is 207 Å². The van der Waals surface area contributed by atoms with Crippen LogP contribution in [0.15, 0.2) is 59.8 Å². The fourth-order valence-electron chi connectivity index (χ4n) is 3.84. The third-order valence-electron chi connectivity index (χ3n) is 5.42. The zero-order valence-corrected chi connectivity index (χ0v) is 19.7. The van der Waals surface area contributed by atoms with Crippen molar-refractivity contribution >= 4 is 51.0 Å². The molecule has 0 bridgehead atoms. The summed E-state index contributed by atoms with van der Waals surface area (Å²) >= 11 is 12.1. The summed E-state index contributed by atoms with van der Waals surface area (Å²) in [5.41, 5.74) is 1.44. The Morgan fingerprint density at radius 3 is 2.74 bits per heavy atom. The molecule has 5 rings (SSSR count). The van der Waals surface area contributed by atoms with Crippen LogP contribution >= 0.6 is 23.2 Å². The topological polar surface area (TPSA) is 91.9 Å². The van der Waals surface area contributed by atoms with E-state index in [4.69, 9.17) is 27.9 Å². The molecule has 0 saturated heterocycles. The van der Waals surface area contributed by atoms with Gasteiger partial charge in [0.15, 0.2) is 0 Å². The molecule has 35 heavy (non-hydrogen) atoms. The lowest BCUT2D eigenvalue weighted by atomic mass is 10.1. The summed E-state index contributed by atoms with van der Waals surface area (Å²) < 4.78 is 22.4. The van der Waals surface area contributed by atoms with Gasteiger partial charge >= 0.3 is 5.97 Å². The number of carbonyl (C=O) groups excluding carboxylic acids is 1. The Morgan fingerprint density at radius 1 is 1.11 bits per heavy atom. The van der Waals surface area contributed by atoms with Crippen LogP contribution in [-0.2, 0) is 11.3 Å². The molecule has 11 heteroatoms. The smallest absolute Gasteiger partial charge is 0.343 e. The quantitative estimate of drug-likeness (QED) is 0.314. The summed E-state index contributed by atoms with van der Waals surface area (Å²) in [7, 11) is 0. The number of pyridine rings is 2. The van der Waals surface area contributed by atoms with Crippen LogP contribution in [0.2, 0.25) is 10.0 Å².